The second-order valence-corrected chi connectivity index (χ2v) is 6.55. The normalized spacial score (nSPS) is 11.1. The van der Waals surface area contributed by atoms with Crippen molar-refractivity contribution in [3.05, 3.63) is 54.7 Å². The average Bonchev–Trinajstić information content (AvgIpc) is 2.30. The van der Waals surface area contributed by atoms with Crippen molar-refractivity contribution in [3.8, 4) is 0 Å². The van der Waals surface area contributed by atoms with E-state index in [1.165, 1.54) is 7.14 Å². The molecule has 2 aromatic carbocycles. The third-order valence-corrected chi connectivity index (χ3v) is 3.93. The minimum Gasteiger partial charge on any atom is -0.150 e. The van der Waals surface area contributed by atoms with Gasteiger partial charge in [-0.15, -0.1) is 0 Å². The number of aryl methyl sites for hydroxylation is 2. The van der Waals surface area contributed by atoms with Crippen LogP contribution in [-0.2, 0) is 0 Å². The third kappa shape index (κ3) is 3.50. The maximum Gasteiger partial charge on any atom is 0.0886 e. The zero-order valence-electron chi connectivity index (χ0n) is 10.1. The minimum absolute atomic E-state index is 0.924. The van der Waals surface area contributed by atoms with E-state index in [4.69, 9.17) is 0 Å². The Labute approximate surface area is 134 Å². The zero-order chi connectivity index (χ0) is 13.1. The van der Waals surface area contributed by atoms with Crippen LogP contribution in [0.15, 0.2) is 46.6 Å². The molecule has 2 aromatic rings. The maximum absolute atomic E-state index is 4.33. The molecule has 0 spiro atoms. The van der Waals surface area contributed by atoms with Crippen LogP contribution in [0.4, 0.5) is 11.4 Å². The van der Waals surface area contributed by atoms with Crippen LogP contribution in [0.1, 0.15) is 11.1 Å². The predicted octanol–water partition coefficient (Wildman–Crippen LogP) is 5.93. The molecule has 18 heavy (non-hydrogen) atoms. The van der Waals surface area contributed by atoms with Gasteiger partial charge in [-0.2, -0.15) is 10.2 Å². The molecule has 2 nitrogen and oxygen atoms in total. The van der Waals surface area contributed by atoms with Gasteiger partial charge >= 0.3 is 0 Å². The molecule has 0 aromatic heterocycles. The lowest BCUT2D eigenvalue weighted by molar-refractivity contribution is 1.19. The summed E-state index contributed by atoms with van der Waals surface area (Å²) in [6.07, 6.45) is 0. The largest absolute Gasteiger partial charge is 0.150 e. The average molecular weight is 462 g/mol. The van der Waals surface area contributed by atoms with Gasteiger partial charge in [-0.05, 0) is 107 Å². The molecule has 92 valence electrons. The van der Waals surface area contributed by atoms with Crippen molar-refractivity contribution in [3.63, 3.8) is 0 Å². The first-order valence-electron chi connectivity index (χ1n) is 5.50. The molecule has 0 amide bonds. The molecule has 0 bridgehead atoms. The van der Waals surface area contributed by atoms with Gasteiger partial charge < -0.3 is 0 Å². The fourth-order valence-corrected chi connectivity index (χ4v) is 2.86. The van der Waals surface area contributed by atoms with E-state index in [-0.39, 0.29) is 0 Å². The summed E-state index contributed by atoms with van der Waals surface area (Å²) in [4.78, 5) is 0. The van der Waals surface area contributed by atoms with Gasteiger partial charge in [0.2, 0.25) is 0 Å². The van der Waals surface area contributed by atoms with E-state index < -0.39 is 0 Å². The first-order chi connectivity index (χ1) is 8.56. The molecule has 4 heteroatoms. The highest BCUT2D eigenvalue weighted by Gasteiger charge is 1.99. The lowest BCUT2D eigenvalue weighted by Crippen LogP contribution is -1.78. The van der Waals surface area contributed by atoms with Crippen LogP contribution in [0.3, 0.4) is 0 Å². The second kappa shape index (κ2) is 6.10. The number of azo groups is 1. The van der Waals surface area contributed by atoms with Crippen LogP contribution in [0, 0.1) is 21.0 Å². The molecule has 0 fully saturated rings. The lowest BCUT2D eigenvalue weighted by atomic mass is 10.2. The zero-order valence-corrected chi connectivity index (χ0v) is 14.4. The van der Waals surface area contributed by atoms with Gasteiger partial charge in [-0.3, -0.25) is 0 Å². The van der Waals surface area contributed by atoms with E-state index in [2.05, 4.69) is 81.4 Å². The van der Waals surface area contributed by atoms with Crippen molar-refractivity contribution < 1.29 is 0 Å². The Bertz CT molecular complexity index is 553. The van der Waals surface area contributed by atoms with Crippen molar-refractivity contribution in [2.75, 3.05) is 0 Å². The summed E-state index contributed by atoms with van der Waals surface area (Å²) in [7, 11) is 0. The Morgan fingerprint density at radius 2 is 1.11 bits per heavy atom. The highest BCUT2D eigenvalue weighted by atomic mass is 127. The number of rotatable bonds is 2. The molecule has 0 unspecified atom stereocenters. The van der Waals surface area contributed by atoms with Gasteiger partial charge in [-0.1, -0.05) is 0 Å². The minimum atomic E-state index is 0.924. The van der Waals surface area contributed by atoms with Crippen LogP contribution < -0.4 is 0 Å². The molecular weight excluding hydrogens is 450 g/mol. The van der Waals surface area contributed by atoms with Gasteiger partial charge in [0.1, 0.15) is 0 Å². The van der Waals surface area contributed by atoms with E-state index >= 15 is 0 Å². The van der Waals surface area contributed by atoms with Crippen molar-refractivity contribution in [1.82, 2.24) is 0 Å². The second-order valence-electron chi connectivity index (χ2n) is 4.06. The Balaban J connectivity index is 2.30. The summed E-state index contributed by atoms with van der Waals surface area (Å²) in [5.74, 6) is 0. The van der Waals surface area contributed by atoms with Gasteiger partial charge in [-0.25, -0.2) is 0 Å². The molecule has 0 heterocycles. The Morgan fingerprint density at radius 1 is 0.722 bits per heavy atom. The van der Waals surface area contributed by atoms with E-state index in [0.717, 1.165) is 22.5 Å². The van der Waals surface area contributed by atoms with Gasteiger partial charge in [0.05, 0.1) is 11.4 Å². The fourth-order valence-electron chi connectivity index (χ4n) is 1.57. The predicted molar refractivity (Wildman–Crippen MR) is 92.0 cm³/mol. The van der Waals surface area contributed by atoms with E-state index in [1.54, 1.807) is 0 Å². The highest BCUT2D eigenvalue weighted by molar-refractivity contribution is 14.1. The van der Waals surface area contributed by atoms with E-state index in [9.17, 15) is 0 Å². The summed E-state index contributed by atoms with van der Waals surface area (Å²) in [5.41, 5.74) is 4.14. The topological polar surface area (TPSA) is 24.7 Å². The van der Waals surface area contributed by atoms with Crippen molar-refractivity contribution in [2.45, 2.75) is 13.8 Å². The molecule has 0 N–H and O–H groups in total. The van der Waals surface area contributed by atoms with Gasteiger partial charge in [0.25, 0.3) is 0 Å². The van der Waals surface area contributed by atoms with Crippen LogP contribution in [0.5, 0.6) is 0 Å². The number of hydrogen-bond donors (Lipinski definition) is 0. The van der Waals surface area contributed by atoms with Gasteiger partial charge in [0, 0.05) is 7.14 Å². The third-order valence-electron chi connectivity index (χ3n) is 2.58. The number of benzene rings is 2. The van der Waals surface area contributed by atoms with Crippen LogP contribution in [0.25, 0.3) is 0 Å². The lowest BCUT2D eigenvalue weighted by Gasteiger charge is -2.01. The molecule has 0 radical (unpaired) electrons. The molecule has 0 atom stereocenters. The Kier molecular flexibility index (Phi) is 4.71. The maximum atomic E-state index is 4.33. The van der Waals surface area contributed by atoms with Crippen molar-refractivity contribution in [2.24, 2.45) is 10.2 Å². The summed E-state index contributed by atoms with van der Waals surface area (Å²) in [5, 5.41) is 8.65. The first-order valence-corrected chi connectivity index (χ1v) is 7.66. The van der Waals surface area contributed by atoms with Gasteiger partial charge in [0.15, 0.2) is 0 Å². The number of nitrogens with zero attached hydrogens (tertiary/aromatic N) is 2. The smallest absolute Gasteiger partial charge is 0.0886 e. The molecule has 0 aliphatic rings. The van der Waals surface area contributed by atoms with Crippen molar-refractivity contribution in [1.29, 1.82) is 0 Å². The SMILES string of the molecule is Cc1cc(I)ccc1/N=N/c1ccc(I)cc1C. The van der Waals surface area contributed by atoms with Crippen molar-refractivity contribution >= 4 is 56.6 Å². The quantitative estimate of drug-likeness (QED) is 0.391. The summed E-state index contributed by atoms with van der Waals surface area (Å²) >= 11 is 4.60. The number of halogens is 2. The molecule has 0 saturated heterocycles. The first kappa shape index (κ1) is 13.9. The standard InChI is InChI=1S/C14H12I2N2/c1-9-7-11(15)3-5-13(9)17-18-14-6-4-12(16)8-10(14)2/h3-8H,1-2H3/b18-17+. The monoisotopic (exact) mass is 462 g/mol. The van der Waals surface area contributed by atoms with Crippen LogP contribution in [-0.4, -0.2) is 0 Å². The molecule has 0 aliphatic carbocycles. The number of hydrogen-bond acceptors (Lipinski definition) is 2. The molecule has 0 aliphatic heterocycles. The van der Waals surface area contributed by atoms with E-state index in [0.29, 0.717) is 0 Å². The Hall–Kier alpha value is -0.500. The Morgan fingerprint density at radius 3 is 1.44 bits per heavy atom. The molecule has 2 rings (SSSR count). The summed E-state index contributed by atoms with van der Waals surface area (Å²) in [6, 6.07) is 12.3. The van der Waals surface area contributed by atoms with Crippen LogP contribution >= 0.6 is 45.2 Å². The molecule has 0 saturated carbocycles. The van der Waals surface area contributed by atoms with E-state index in [1.807, 2.05) is 24.3 Å². The van der Waals surface area contributed by atoms with Crippen LogP contribution in [0.2, 0.25) is 0 Å². The highest BCUT2D eigenvalue weighted by Crippen LogP contribution is 2.26. The molecular formula is C14H12I2N2. The fraction of sp³-hybridized carbons (Fsp3) is 0.143. The summed E-state index contributed by atoms with van der Waals surface area (Å²) < 4.78 is 2.43. The summed E-state index contributed by atoms with van der Waals surface area (Å²) in [6.45, 7) is 4.11.